The largest absolute Gasteiger partial charge is 0.515 e. The third-order valence-corrected chi connectivity index (χ3v) is 3.87. The molecule has 4 heteroatoms. The van der Waals surface area contributed by atoms with E-state index in [-0.39, 0.29) is 0 Å². The Kier molecular flexibility index (Phi) is 3.51. The highest BCUT2D eigenvalue weighted by molar-refractivity contribution is 6.05. The second-order valence-corrected chi connectivity index (χ2v) is 4.85. The summed E-state index contributed by atoms with van der Waals surface area (Å²) in [6.45, 7) is 0. The van der Waals surface area contributed by atoms with Crippen LogP contribution in [0.3, 0.4) is 0 Å². The highest BCUT2D eigenvalue weighted by atomic mass is 16.5. The molecule has 0 bridgehead atoms. The molecular formula is C18H16O4. The van der Waals surface area contributed by atoms with Crippen molar-refractivity contribution in [2.45, 2.75) is 0 Å². The molecule has 0 fully saturated rings. The SMILES string of the molecule is COc1ccc(OC)c2c(=CO)c3ccccc3c(=CO)c12. The number of ether oxygens (including phenoxy) is 2. The molecule has 0 aliphatic rings. The molecule has 3 rings (SSSR count). The van der Waals surface area contributed by atoms with Gasteiger partial charge in [0.05, 0.1) is 26.7 Å². The molecule has 4 nitrogen and oxygen atoms in total. The first kappa shape index (κ1) is 14.1. The first-order valence-corrected chi connectivity index (χ1v) is 6.81. The molecule has 0 amide bonds. The molecule has 0 aliphatic carbocycles. The van der Waals surface area contributed by atoms with Gasteiger partial charge in [-0.3, -0.25) is 0 Å². The number of methoxy groups -OCH3 is 2. The lowest BCUT2D eigenvalue weighted by Crippen LogP contribution is -2.16. The van der Waals surface area contributed by atoms with Crippen molar-refractivity contribution in [3.05, 3.63) is 46.8 Å². The van der Waals surface area contributed by atoms with Gasteiger partial charge in [-0.1, -0.05) is 24.3 Å². The topological polar surface area (TPSA) is 58.9 Å². The second-order valence-electron chi connectivity index (χ2n) is 4.85. The minimum Gasteiger partial charge on any atom is -0.515 e. The van der Waals surface area contributed by atoms with Gasteiger partial charge in [0, 0.05) is 21.2 Å². The third kappa shape index (κ3) is 1.84. The maximum Gasteiger partial charge on any atom is 0.127 e. The molecule has 0 saturated heterocycles. The summed E-state index contributed by atoms with van der Waals surface area (Å²) in [5.41, 5.74) is 0. The van der Waals surface area contributed by atoms with Gasteiger partial charge in [0.25, 0.3) is 0 Å². The standard InChI is InChI=1S/C18H16O4/c1-21-15-7-8-16(22-2)18-14(10-20)12-6-4-3-5-11(12)13(9-19)17(15)18/h3-10,19-20H,1-2H3. The van der Waals surface area contributed by atoms with Crippen LogP contribution in [0.2, 0.25) is 0 Å². The lowest BCUT2D eigenvalue weighted by atomic mass is 9.97. The monoisotopic (exact) mass is 296 g/mol. The van der Waals surface area contributed by atoms with E-state index in [2.05, 4.69) is 0 Å². The van der Waals surface area contributed by atoms with Crippen molar-refractivity contribution < 1.29 is 19.7 Å². The summed E-state index contributed by atoms with van der Waals surface area (Å²) in [6.07, 6.45) is 2.13. The van der Waals surface area contributed by atoms with Crippen LogP contribution < -0.4 is 19.9 Å². The fraction of sp³-hybridized carbons (Fsp3) is 0.111. The lowest BCUT2D eigenvalue weighted by Gasteiger charge is -2.13. The molecule has 0 aromatic heterocycles. The molecule has 0 radical (unpaired) electrons. The van der Waals surface area contributed by atoms with Crippen LogP contribution in [0.15, 0.2) is 36.4 Å². The van der Waals surface area contributed by atoms with Gasteiger partial charge in [-0.15, -0.1) is 0 Å². The van der Waals surface area contributed by atoms with Crippen LogP contribution in [0.25, 0.3) is 34.1 Å². The van der Waals surface area contributed by atoms with Gasteiger partial charge in [0.2, 0.25) is 0 Å². The van der Waals surface area contributed by atoms with Crippen molar-refractivity contribution in [2.75, 3.05) is 14.2 Å². The fourth-order valence-corrected chi connectivity index (χ4v) is 2.93. The van der Waals surface area contributed by atoms with Gasteiger partial charge in [-0.05, 0) is 22.9 Å². The van der Waals surface area contributed by atoms with E-state index in [4.69, 9.17) is 9.47 Å². The highest BCUT2D eigenvalue weighted by Crippen LogP contribution is 2.30. The summed E-state index contributed by atoms with van der Waals surface area (Å²) >= 11 is 0. The molecule has 0 unspecified atom stereocenters. The van der Waals surface area contributed by atoms with Crippen LogP contribution >= 0.6 is 0 Å². The maximum absolute atomic E-state index is 9.79. The van der Waals surface area contributed by atoms with Gasteiger partial charge in [-0.2, -0.15) is 0 Å². The van der Waals surface area contributed by atoms with E-state index in [1.807, 2.05) is 24.3 Å². The average Bonchev–Trinajstić information content (AvgIpc) is 2.58. The van der Waals surface area contributed by atoms with Crippen molar-refractivity contribution in [1.82, 2.24) is 0 Å². The van der Waals surface area contributed by atoms with Crippen LogP contribution in [0, 0.1) is 0 Å². The van der Waals surface area contributed by atoms with Gasteiger partial charge >= 0.3 is 0 Å². The quantitative estimate of drug-likeness (QED) is 0.714. The summed E-state index contributed by atoms with van der Waals surface area (Å²) < 4.78 is 10.9. The molecule has 0 aliphatic heterocycles. The van der Waals surface area contributed by atoms with Crippen molar-refractivity contribution in [3.8, 4) is 11.5 Å². The van der Waals surface area contributed by atoms with Crippen LogP contribution in [-0.4, -0.2) is 24.4 Å². The van der Waals surface area contributed by atoms with E-state index < -0.39 is 0 Å². The number of hydrogen-bond acceptors (Lipinski definition) is 4. The van der Waals surface area contributed by atoms with Crippen molar-refractivity contribution >= 4 is 34.1 Å². The molecule has 112 valence electrons. The van der Waals surface area contributed by atoms with E-state index in [1.54, 1.807) is 26.4 Å². The Morgan fingerprint density at radius 3 is 1.45 bits per heavy atom. The minimum absolute atomic E-state index is 0.602. The fourth-order valence-electron chi connectivity index (χ4n) is 2.93. The summed E-state index contributed by atoms with van der Waals surface area (Å²) in [5, 5.41) is 23.9. The zero-order valence-electron chi connectivity index (χ0n) is 12.3. The zero-order chi connectivity index (χ0) is 15.7. The van der Waals surface area contributed by atoms with Crippen LogP contribution in [0.1, 0.15) is 0 Å². The summed E-state index contributed by atoms with van der Waals surface area (Å²) in [4.78, 5) is 0. The third-order valence-electron chi connectivity index (χ3n) is 3.87. The number of fused-ring (bicyclic) bond motifs is 2. The smallest absolute Gasteiger partial charge is 0.127 e. The summed E-state index contributed by atoms with van der Waals surface area (Å²) in [7, 11) is 3.14. The van der Waals surface area contributed by atoms with Gasteiger partial charge < -0.3 is 19.7 Å². The predicted molar refractivity (Wildman–Crippen MR) is 88.0 cm³/mol. The first-order valence-electron chi connectivity index (χ1n) is 6.81. The number of rotatable bonds is 2. The van der Waals surface area contributed by atoms with Crippen molar-refractivity contribution in [3.63, 3.8) is 0 Å². The average molecular weight is 296 g/mol. The lowest BCUT2D eigenvalue weighted by molar-refractivity contribution is 0.410. The molecule has 0 saturated carbocycles. The Morgan fingerprint density at radius 1 is 0.727 bits per heavy atom. The molecule has 22 heavy (non-hydrogen) atoms. The van der Waals surface area contributed by atoms with Crippen LogP contribution in [0.5, 0.6) is 11.5 Å². The highest BCUT2D eigenvalue weighted by Gasteiger charge is 2.14. The molecule has 0 atom stereocenters. The Labute approximate surface area is 127 Å². The number of hydrogen-bond donors (Lipinski definition) is 2. The van der Waals surface area contributed by atoms with E-state index in [0.29, 0.717) is 32.7 Å². The molecule has 0 spiro atoms. The Bertz CT molecular complexity index is 894. The molecular weight excluding hydrogens is 280 g/mol. The predicted octanol–water partition coefficient (Wildman–Crippen LogP) is 2.60. The number of aliphatic hydroxyl groups is 2. The molecule has 3 aromatic rings. The Balaban J connectivity index is 2.81. The second kappa shape index (κ2) is 5.48. The Morgan fingerprint density at radius 2 is 1.14 bits per heavy atom. The van der Waals surface area contributed by atoms with Crippen LogP contribution in [0.4, 0.5) is 0 Å². The minimum atomic E-state index is 0.602. The summed E-state index contributed by atoms with van der Waals surface area (Å²) in [6, 6.07) is 11.1. The first-order chi connectivity index (χ1) is 10.8. The van der Waals surface area contributed by atoms with Gasteiger partial charge in [0.15, 0.2) is 0 Å². The molecule has 2 N–H and O–H groups in total. The number of aliphatic hydroxyl groups excluding tert-OH is 2. The van der Waals surface area contributed by atoms with E-state index in [0.717, 1.165) is 23.3 Å². The van der Waals surface area contributed by atoms with Crippen molar-refractivity contribution in [1.29, 1.82) is 0 Å². The molecule has 0 heterocycles. The zero-order valence-corrected chi connectivity index (χ0v) is 12.3. The van der Waals surface area contributed by atoms with E-state index in [9.17, 15) is 10.2 Å². The van der Waals surface area contributed by atoms with Crippen molar-refractivity contribution in [2.24, 2.45) is 0 Å². The van der Waals surface area contributed by atoms with Gasteiger partial charge in [0.1, 0.15) is 11.5 Å². The van der Waals surface area contributed by atoms with E-state index in [1.165, 1.54) is 0 Å². The van der Waals surface area contributed by atoms with Gasteiger partial charge in [-0.25, -0.2) is 0 Å². The summed E-state index contributed by atoms with van der Waals surface area (Å²) in [5.74, 6) is 1.20. The Hall–Kier alpha value is -2.88. The maximum atomic E-state index is 9.79. The normalized spacial score (nSPS) is 13.0. The van der Waals surface area contributed by atoms with Crippen LogP contribution in [-0.2, 0) is 0 Å². The molecule has 3 aromatic carbocycles. The van der Waals surface area contributed by atoms with E-state index >= 15 is 0 Å². The number of benzene rings is 3.